The monoisotopic (exact) mass is 253 g/mol. The smallest absolute Gasteiger partial charge is 0.138 e. The fourth-order valence-electron chi connectivity index (χ4n) is 1.83. The number of hydrogen-bond acceptors (Lipinski definition) is 3. The standard InChI is InChI=1S/C14H23NOS/c1-3-13-6-7-14(17-13)10-12(16)5-4-11(2)8-9-15/h6-7,11H,3-5,8-10,15H2,1-2H3. The van der Waals surface area contributed by atoms with Crippen LogP contribution in [0.1, 0.15) is 42.9 Å². The van der Waals surface area contributed by atoms with Gasteiger partial charge in [0.2, 0.25) is 0 Å². The summed E-state index contributed by atoms with van der Waals surface area (Å²) >= 11 is 1.76. The molecule has 1 aromatic heterocycles. The number of rotatable bonds is 8. The predicted molar refractivity (Wildman–Crippen MR) is 74.5 cm³/mol. The van der Waals surface area contributed by atoms with E-state index in [-0.39, 0.29) is 0 Å². The fourth-order valence-corrected chi connectivity index (χ4v) is 2.81. The van der Waals surface area contributed by atoms with Crippen LogP contribution in [0.4, 0.5) is 0 Å². The van der Waals surface area contributed by atoms with Crippen LogP contribution in [0.15, 0.2) is 12.1 Å². The molecule has 96 valence electrons. The Morgan fingerprint density at radius 2 is 2.06 bits per heavy atom. The summed E-state index contributed by atoms with van der Waals surface area (Å²) in [5.41, 5.74) is 5.49. The number of ketones is 1. The summed E-state index contributed by atoms with van der Waals surface area (Å²) in [6.45, 7) is 5.03. The molecule has 0 spiro atoms. The van der Waals surface area contributed by atoms with Gasteiger partial charge in [-0.2, -0.15) is 0 Å². The van der Waals surface area contributed by atoms with Crippen LogP contribution in [0.3, 0.4) is 0 Å². The molecule has 1 heterocycles. The van der Waals surface area contributed by atoms with Crippen molar-refractivity contribution in [2.45, 2.75) is 46.0 Å². The summed E-state index contributed by atoms with van der Waals surface area (Å²) < 4.78 is 0. The fraction of sp³-hybridized carbons (Fsp3) is 0.643. The van der Waals surface area contributed by atoms with Crippen LogP contribution in [0.25, 0.3) is 0 Å². The van der Waals surface area contributed by atoms with E-state index < -0.39 is 0 Å². The topological polar surface area (TPSA) is 43.1 Å². The van der Waals surface area contributed by atoms with Crippen molar-refractivity contribution in [3.8, 4) is 0 Å². The molecule has 17 heavy (non-hydrogen) atoms. The molecule has 0 saturated heterocycles. The molecule has 0 bridgehead atoms. The number of carbonyl (C=O) groups excluding carboxylic acids is 1. The van der Waals surface area contributed by atoms with Crippen molar-refractivity contribution in [2.75, 3.05) is 6.54 Å². The van der Waals surface area contributed by atoms with Gasteiger partial charge in [-0.15, -0.1) is 11.3 Å². The van der Waals surface area contributed by atoms with E-state index in [2.05, 4.69) is 26.0 Å². The van der Waals surface area contributed by atoms with Gasteiger partial charge >= 0.3 is 0 Å². The van der Waals surface area contributed by atoms with Gasteiger partial charge in [-0.3, -0.25) is 4.79 Å². The van der Waals surface area contributed by atoms with Crippen molar-refractivity contribution in [3.05, 3.63) is 21.9 Å². The molecular formula is C14H23NOS. The average molecular weight is 253 g/mol. The molecule has 1 unspecified atom stereocenters. The van der Waals surface area contributed by atoms with Gasteiger partial charge < -0.3 is 5.73 Å². The van der Waals surface area contributed by atoms with Crippen LogP contribution in [-0.2, 0) is 17.6 Å². The highest BCUT2D eigenvalue weighted by atomic mass is 32.1. The molecule has 0 aliphatic rings. The van der Waals surface area contributed by atoms with E-state index in [1.807, 2.05) is 0 Å². The van der Waals surface area contributed by atoms with Gasteiger partial charge in [0.25, 0.3) is 0 Å². The number of thiophene rings is 1. The van der Waals surface area contributed by atoms with Crippen molar-refractivity contribution in [1.82, 2.24) is 0 Å². The van der Waals surface area contributed by atoms with Crippen LogP contribution >= 0.6 is 11.3 Å². The first kappa shape index (κ1) is 14.4. The second kappa shape index (κ2) is 7.62. The van der Waals surface area contributed by atoms with Gasteiger partial charge in [-0.1, -0.05) is 13.8 Å². The molecule has 0 saturated carbocycles. The van der Waals surface area contributed by atoms with Crippen molar-refractivity contribution >= 4 is 17.1 Å². The normalized spacial score (nSPS) is 12.6. The van der Waals surface area contributed by atoms with Crippen LogP contribution in [0, 0.1) is 5.92 Å². The largest absolute Gasteiger partial charge is 0.330 e. The van der Waals surface area contributed by atoms with E-state index >= 15 is 0 Å². The second-order valence-corrected chi connectivity index (χ2v) is 5.91. The molecule has 1 rings (SSSR count). The molecule has 2 N–H and O–H groups in total. The minimum absolute atomic E-state index is 0.360. The highest BCUT2D eigenvalue weighted by Gasteiger charge is 2.08. The molecule has 1 atom stereocenters. The Morgan fingerprint density at radius 3 is 2.65 bits per heavy atom. The lowest BCUT2D eigenvalue weighted by Crippen LogP contribution is -2.09. The van der Waals surface area contributed by atoms with Gasteiger partial charge in [0.1, 0.15) is 5.78 Å². The maximum Gasteiger partial charge on any atom is 0.138 e. The first-order valence-corrected chi connectivity index (χ1v) is 7.26. The molecule has 3 heteroatoms. The maximum atomic E-state index is 11.8. The zero-order valence-corrected chi connectivity index (χ0v) is 11.7. The first-order chi connectivity index (χ1) is 8.15. The first-order valence-electron chi connectivity index (χ1n) is 6.45. The van der Waals surface area contributed by atoms with Gasteiger partial charge in [0.05, 0.1) is 0 Å². The van der Waals surface area contributed by atoms with Crippen LogP contribution < -0.4 is 5.73 Å². The molecule has 0 aliphatic heterocycles. The Morgan fingerprint density at radius 1 is 1.35 bits per heavy atom. The van der Waals surface area contributed by atoms with Crippen molar-refractivity contribution in [2.24, 2.45) is 11.7 Å². The van der Waals surface area contributed by atoms with Gasteiger partial charge in [-0.25, -0.2) is 0 Å². The maximum absolute atomic E-state index is 11.8. The lowest BCUT2D eigenvalue weighted by molar-refractivity contribution is -0.118. The number of aryl methyl sites for hydroxylation is 1. The Balaban J connectivity index is 2.29. The Bertz CT molecular complexity index is 346. The number of nitrogens with two attached hydrogens (primary N) is 1. The SMILES string of the molecule is CCc1ccc(CC(=O)CCC(C)CCN)s1. The third kappa shape index (κ3) is 5.46. The highest BCUT2D eigenvalue weighted by molar-refractivity contribution is 7.12. The summed E-state index contributed by atoms with van der Waals surface area (Å²) in [6, 6.07) is 4.22. The third-order valence-electron chi connectivity index (χ3n) is 3.01. The lowest BCUT2D eigenvalue weighted by atomic mass is 9.99. The summed E-state index contributed by atoms with van der Waals surface area (Å²) in [7, 11) is 0. The van der Waals surface area contributed by atoms with Crippen molar-refractivity contribution < 1.29 is 4.79 Å². The molecule has 0 aromatic carbocycles. The minimum atomic E-state index is 0.360. The molecule has 2 nitrogen and oxygen atoms in total. The molecule has 0 aliphatic carbocycles. The summed E-state index contributed by atoms with van der Waals surface area (Å²) in [5.74, 6) is 0.928. The van der Waals surface area contributed by atoms with Crippen LogP contribution in [-0.4, -0.2) is 12.3 Å². The van der Waals surface area contributed by atoms with E-state index in [1.165, 1.54) is 9.75 Å². The zero-order valence-electron chi connectivity index (χ0n) is 10.9. The van der Waals surface area contributed by atoms with Gasteiger partial charge in [0.15, 0.2) is 0 Å². The number of carbonyl (C=O) groups is 1. The van der Waals surface area contributed by atoms with Crippen LogP contribution in [0.2, 0.25) is 0 Å². The van der Waals surface area contributed by atoms with E-state index in [9.17, 15) is 4.79 Å². The van der Waals surface area contributed by atoms with Gasteiger partial charge in [-0.05, 0) is 43.9 Å². The summed E-state index contributed by atoms with van der Waals surface area (Å²) in [5, 5.41) is 0. The Kier molecular flexibility index (Phi) is 6.45. The third-order valence-corrected chi connectivity index (χ3v) is 4.24. The quantitative estimate of drug-likeness (QED) is 0.773. The summed E-state index contributed by atoms with van der Waals surface area (Å²) in [4.78, 5) is 14.4. The average Bonchev–Trinajstić information content (AvgIpc) is 2.74. The van der Waals surface area contributed by atoms with E-state index in [4.69, 9.17) is 5.73 Å². The zero-order chi connectivity index (χ0) is 12.7. The molecule has 1 aromatic rings. The minimum Gasteiger partial charge on any atom is -0.330 e. The lowest BCUT2D eigenvalue weighted by Gasteiger charge is -2.08. The Labute approximate surface area is 108 Å². The number of Topliss-reactive ketones (excluding diaryl/α,β-unsaturated/α-hetero) is 1. The van der Waals surface area contributed by atoms with Gasteiger partial charge in [0, 0.05) is 22.6 Å². The van der Waals surface area contributed by atoms with E-state index in [0.717, 1.165) is 25.8 Å². The van der Waals surface area contributed by atoms with Crippen molar-refractivity contribution in [3.63, 3.8) is 0 Å². The molecule has 0 amide bonds. The molecule has 0 radical (unpaired) electrons. The van der Waals surface area contributed by atoms with E-state index in [1.54, 1.807) is 11.3 Å². The predicted octanol–water partition coefficient (Wildman–Crippen LogP) is 3.19. The molecular weight excluding hydrogens is 230 g/mol. The Hall–Kier alpha value is -0.670. The highest BCUT2D eigenvalue weighted by Crippen LogP contribution is 2.19. The van der Waals surface area contributed by atoms with Crippen molar-refractivity contribution in [1.29, 1.82) is 0 Å². The van der Waals surface area contributed by atoms with Crippen LogP contribution in [0.5, 0.6) is 0 Å². The second-order valence-electron chi connectivity index (χ2n) is 4.66. The summed E-state index contributed by atoms with van der Waals surface area (Å²) in [6.07, 6.45) is 4.36. The number of hydrogen-bond donors (Lipinski definition) is 1. The van der Waals surface area contributed by atoms with E-state index in [0.29, 0.717) is 24.5 Å². The molecule has 0 fully saturated rings.